The van der Waals surface area contributed by atoms with E-state index in [1.54, 1.807) is 0 Å². The first kappa shape index (κ1) is 14.1. The van der Waals surface area contributed by atoms with E-state index in [0.717, 1.165) is 16.8 Å². The van der Waals surface area contributed by atoms with Crippen LogP contribution in [0.25, 0.3) is 0 Å². The van der Waals surface area contributed by atoms with E-state index in [0.29, 0.717) is 0 Å². The molecule has 0 radical (unpaired) electrons. The Morgan fingerprint density at radius 1 is 1.26 bits per heavy atom. The summed E-state index contributed by atoms with van der Waals surface area (Å²) in [6.07, 6.45) is 1.98. The molecule has 0 aliphatic heterocycles. The van der Waals surface area contributed by atoms with E-state index >= 15 is 0 Å². The van der Waals surface area contributed by atoms with Gasteiger partial charge in [0.2, 0.25) is 0 Å². The number of thioether (sulfide) groups is 1. The van der Waals surface area contributed by atoms with Crippen molar-refractivity contribution in [3.63, 3.8) is 0 Å². The summed E-state index contributed by atoms with van der Waals surface area (Å²) in [5.41, 5.74) is 0. The normalized spacial score (nSPS) is 12.2. The molecule has 102 valence electrons. The van der Waals surface area contributed by atoms with E-state index < -0.39 is 0 Å². The number of aryl methyl sites for hydroxylation is 1. The number of hydrogen-bond acceptors (Lipinski definition) is 6. The van der Waals surface area contributed by atoms with Gasteiger partial charge in [-0.05, 0) is 32.2 Å². The number of hydrogen-bond donors (Lipinski definition) is 2. The maximum atomic E-state index is 4.48. The fraction of sp³-hybridized carbons (Fsp3) is 0.385. The molecule has 0 amide bonds. The molecule has 0 saturated heterocycles. The second-order valence-electron chi connectivity index (χ2n) is 4.19. The molecular formula is C13H18N4S2. The minimum absolute atomic E-state index is 0.244. The Morgan fingerprint density at radius 2 is 2.00 bits per heavy atom. The highest BCUT2D eigenvalue weighted by atomic mass is 32.2. The van der Waals surface area contributed by atoms with Gasteiger partial charge < -0.3 is 10.6 Å². The third-order valence-corrected chi connectivity index (χ3v) is 4.43. The van der Waals surface area contributed by atoms with E-state index in [2.05, 4.69) is 46.6 Å². The van der Waals surface area contributed by atoms with Crippen LogP contribution in [0.2, 0.25) is 0 Å². The molecule has 2 aromatic heterocycles. The van der Waals surface area contributed by atoms with Crippen LogP contribution in [0.5, 0.6) is 0 Å². The molecule has 0 saturated carbocycles. The Bertz CT molecular complexity index is 531. The molecule has 2 aromatic rings. The minimum atomic E-state index is 0.244. The van der Waals surface area contributed by atoms with Crippen molar-refractivity contribution < 1.29 is 0 Å². The molecule has 2 N–H and O–H groups in total. The monoisotopic (exact) mass is 294 g/mol. The lowest BCUT2D eigenvalue weighted by Gasteiger charge is -2.14. The van der Waals surface area contributed by atoms with E-state index in [-0.39, 0.29) is 6.04 Å². The molecule has 0 bridgehead atoms. The predicted molar refractivity (Wildman–Crippen MR) is 84.5 cm³/mol. The number of nitrogens with one attached hydrogen (secondary N) is 2. The van der Waals surface area contributed by atoms with Crippen LogP contribution in [0.3, 0.4) is 0 Å². The Kier molecular flexibility index (Phi) is 4.66. The van der Waals surface area contributed by atoms with E-state index in [9.17, 15) is 0 Å². The molecule has 6 heteroatoms. The quantitative estimate of drug-likeness (QED) is 0.649. The first-order chi connectivity index (χ1) is 9.12. The lowest BCUT2D eigenvalue weighted by molar-refractivity contribution is 0.873. The lowest BCUT2D eigenvalue weighted by Crippen LogP contribution is -2.08. The fourth-order valence-corrected chi connectivity index (χ4v) is 2.96. The highest BCUT2D eigenvalue weighted by Gasteiger charge is 2.10. The highest BCUT2D eigenvalue weighted by molar-refractivity contribution is 7.98. The smallest absolute Gasteiger partial charge is 0.191 e. The molecule has 0 aliphatic carbocycles. The summed E-state index contributed by atoms with van der Waals surface area (Å²) in [5.74, 6) is 1.68. The van der Waals surface area contributed by atoms with Crippen molar-refractivity contribution in [1.82, 2.24) is 9.97 Å². The third kappa shape index (κ3) is 3.61. The van der Waals surface area contributed by atoms with Crippen LogP contribution >= 0.6 is 23.1 Å². The summed E-state index contributed by atoms with van der Waals surface area (Å²) in [6.45, 7) is 4.27. The average Bonchev–Trinajstić information content (AvgIpc) is 2.85. The van der Waals surface area contributed by atoms with Crippen LogP contribution < -0.4 is 10.6 Å². The average molecular weight is 294 g/mol. The van der Waals surface area contributed by atoms with Crippen molar-refractivity contribution in [3.05, 3.63) is 28.0 Å². The standard InChI is InChI=1S/C13H18N4S2/c1-8-5-6-10(19-8)9(2)15-12-7-11(14-3)16-13(17-12)18-4/h5-7,9H,1-4H3,(H2,14,15,16,17). The Hall–Kier alpha value is -1.27. The SMILES string of the molecule is CNc1cc(NC(C)c2ccc(C)s2)nc(SC)n1. The summed E-state index contributed by atoms with van der Waals surface area (Å²) in [7, 11) is 1.86. The van der Waals surface area contributed by atoms with Gasteiger partial charge in [0.05, 0.1) is 6.04 Å². The maximum absolute atomic E-state index is 4.48. The first-order valence-corrected chi connectivity index (χ1v) is 8.10. The van der Waals surface area contributed by atoms with Crippen LogP contribution in [0.15, 0.2) is 23.4 Å². The van der Waals surface area contributed by atoms with Crippen molar-refractivity contribution in [2.45, 2.75) is 25.0 Å². The Balaban J connectivity index is 2.18. The van der Waals surface area contributed by atoms with Gasteiger partial charge in [-0.3, -0.25) is 0 Å². The lowest BCUT2D eigenvalue weighted by atomic mass is 10.2. The van der Waals surface area contributed by atoms with Gasteiger partial charge in [0.15, 0.2) is 5.16 Å². The predicted octanol–water partition coefficient (Wildman–Crippen LogP) is 3.78. The molecule has 1 unspecified atom stereocenters. The first-order valence-electron chi connectivity index (χ1n) is 6.06. The van der Waals surface area contributed by atoms with E-state index in [1.165, 1.54) is 21.5 Å². The molecule has 2 rings (SSSR count). The molecule has 0 aromatic carbocycles. The Labute approximate surface area is 122 Å². The van der Waals surface area contributed by atoms with Gasteiger partial charge in [-0.15, -0.1) is 11.3 Å². The van der Waals surface area contributed by atoms with Gasteiger partial charge in [0.1, 0.15) is 11.6 Å². The molecule has 2 heterocycles. The number of nitrogens with zero attached hydrogens (tertiary/aromatic N) is 2. The van der Waals surface area contributed by atoms with Crippen LogP contribution in [-0.2, 0) is 0 Å². The summed E-state index contributed by atoms with van der Waals surface area (Å²) in [4.78, 5) is 11.5. The number of thiophene rings is 1. The summed E-state index contributed by atoms with van der Waals surface area (Å²) in [5, 5.41) is 7.25. The van der Waals surface area contributed by atoms with Gasteiger partial charge in [-0.1, -0.05) is 11.8 Å². The van der Waals surface area contributed by atoms with Gasteiger partial charge in [-0.2, -0.15) is 0 Å². The topological polar surface area (TPSA) is 49.8 Å². The Morgan fingerprint density at radius 3 is 2.58 bits per heavy atom. The van der Waals surface area contributed by atoms with Gasteiger partial charge in [-0.25, -0.2) is 9.97 Å². The zero-order valence-corrected chi connectivity index (χ0v) is 13.2. The number of rotatable bonds is 5. The van der Waals surface area contributed by atoms with Crippen molar-refractivity contribution in [3.8, 4) is 0 Å². The summed E-state index contributed by atoms with van der Waals surface area (Å²) in [6, 6.07) is 6.47. The minimum Gasteiger partial charge on any atom is -0.373 e. The van der Waals surface area contributed by atoms with Crippen molar-refractivity contribution >= 4 is 34.7 Å². The number of aromatic nitrogens is 2. The van der Waals surface area contributed by atoms with Crippen LogP contribution in [0.1, 0.15) is 22.7 Å². The third-order valence-electron chi connectivity index (χ3n) is 2.70. The number of anilines is 2. The van der Waals surface area contributed by atoms with Gasteiger partial charge in [0.25, 0.3) is 0 Å². The van der Waals surface area contributed by atoms with Gasteiger partial charge in [0, 0.05) is 22.9 Å². The molecule has 19 heavy (non-hydrogen) atoms. The van der Waals surface area contributed by atoms with Gasteiger partial charge >= 0.3 is 0 Å². The second-order valence-corrected chi connectivity index (χ2v) is 6.28. The maximum Gasteiger partial charge on any atom is 0.191 e. The van der Waals surface area contributed by atoms with E-state index in [1.807, 2.05) is 30.7 Å². The molecule has 0 aliphatic rings. The van der Waals surface area contributed by atoms with Crippen molar-refractivity contribution in [1.29, 1.82) is 0 Å². The molecule has 0 spiro atoms. The van der Waals surface area contributed by atoms with Crippen LogP contribution in [0.4, 0.5) is 11.6 Å². The van der Waals surface area contributed by atoms with Crippen LogP contribution in [0, 0.1) is 6.92 Å². The largest absolute Gasteiger partial charge is 0.373 e. The fourth-order valence-electron chi connectivity index (χ4n) is 1.70. The molecular weight excluding hydrogens is 276 g/mol. The molecule has 1 atom stereocenters. The zero-order chi connectivity index (χ0) is 13.8. The second kappa shape index (κ2) is 6.25. The summed E-state index contributed by atoms with van der Waals surface area (Å²) < 4.78 is 0. The zero-order valence-electron chi connectivity index (χ0n) is 11.5. The molecule has 0 fully saturated rings. The van der Waals surface area contributed by atoms with Crippen LogP contribution in [-0.4, -0.2) is 23.3 Å². The summed E-state index contributed by atoms with van der Waals surface area (Å²) >= 11 is 3.35. The van der Waals surface area contributed by atoms with Crippen molar-refractivity contribution in [2.75, 3.05) is 23.9 Å². The van der Waals surface area contributed by atoms with E-state index in [4.69, 9.17) is 0 Å². The van der Waals surface area contributed by atoms with Crippen molar-refractivity contribution in [2.24, 2.45) is 0 Å². The highest BCUT2D eigenvalue weighted by Crippen LogP contribution is 2.26. The molecule has 4 nitrogen and oxygen atoms in total.